The molecule has 0 fully saturated rings. The number of rotatable bonds is 5. The summed E-state index contributed by atoms with van der Waals surface area (Å²) >= 11 is 0. The van der Waals surface area contributed by atoms with Gasteiger partial charge in [0.25, 0.3) is 0 Å². The fourth-order valence-electron chi connectivity index (χ4n) is 2.33. The molecule has 0 saturated heterocycles. The maximum absolute atomic E-state index is 11.9. The van der Waals surface area contributed by atoms with Crippen molar-refractivity contribution in [3.8, 4) is 11.5 Å². The first-order chi connectivity index (χ1) is 12.1. The summed E-state index contributed by atoms with van der Waals surface area (Å²) in [6, 6.07) is 8.19. The second-order valence-corrected chi connectivity index (χ2v) is 5.39. The maximum atomic E-state index is 11.9. The molecule has 0 bridgehead atoms. The van der Waals surface area contributed by atoms with Crippen LogP contribution in [0.3, 0.4) is 0 Å². The smallest absolute Gasteiger partial charge is 0.313 e. The Morgan fingerprint density at radius 2 is 1.92 bits per heavy atom. The van der Waals surface area contributed by atoms with Gasteiger partial charge in [-0.2, -0.15) is 0 Å². The van der Waals surface area contributed by atoms with Gasteiger partial charge in [-0.05, 0) is 30.7 Å². The lowest BCUT2D eigenvalue weighted by atomic mass is 10.2. The summed E-state index contributed by atoms with van der Waals surface area (Å²) in [7, 11) is 0. The molecule has 1 aliphatic rings. The van der Waals surface area contributed by atoms with Gasteiger partial charge in [-0.15, -0.1) is 0 Å². The van der Waals surface area contributed by atoms with E-state index in [1.807, 2.05) is 0 Å². The fourth-order valence-corrected chi connectivity index (χ4v) is 2.33. The van der Waals surface area contributed by atoms with Gasteiger partial charge >= 0.3 is 11.8 Å². The van der Waals surface area contributed by atoms with Crippen molar-refractivity contribution in [2.45, 2.75) is 12.5 Å². The summed E-state index contributed by atoms with van der Waals surface area (Å²) in [5.74, 6) is -0.0627. The Labute approximate surface area is 143 Å². The van der Waals surface area contributed by atoms with Crippen LogP contribution in [0.5, 0.6) is 11.5 Å². The second-order valence-electron chi connectivity index (χ2n) is 5.39. The van der Waals surface area contributed by atoms with Crippen LogP contribution in [0, 0.1) is 0 Å². The molecule has 0 aliphatic carbocycles. The fraction of sp³-hybridized carbons (Fsp3) is 0.294. The minimum absolute atomic E-state index is 0.134. The highest BCUT2D eigenvalue weighted by Gasteiger charge is 2.17. The van der Waals surface area contributed by atoms with Crippen molar-refractivity contribution in [3.05, 3.63) is 42.4 Å². The number of furan rings is 1. The molecule has 3 N–H and O–H groups in total. The number of benzene rings is 1. The first kappa shape index (κ1) is 16.8. The van der Waals surface area contributed by atoms with Crippen LogP contribution in [0.15, 0.2) is 41.0 Å². The summed E-state index contributed by atoms with van der Waals surface area (Å²) in [5, 5.41) is 14.8. The summed E-state index contributed by atoms with van der Waals surface area (Å²) in [6.45, 7) is 1.04. The van der Waals surface area contributed by atoms with E-state index in [1.165, 1.54) is 6.26 Å². The Morgan fingerprint density at radius 1 is 1.12 bits per heavy atom. The Morgan fingerprint density at radius 3 is 2.68 bits per heavy atom. The van der Waals surface area contributed by atoms with Crippen LogP contribution in [0.25, 0.3) is 0 Å². The highest BCUT2D eigenvalue weighted by atomic mass is 16.6. The lowest BCUT2D eigenvalue weighted by Crippen LogP contribution is -2.36. The number of hydrogen-bond donors (Lipinski definition) is 3. The largest absolute Gasteiger partial charge is 0.486 e. The molecule has 0 spiro atoms. The maximum Gasteiger partial charge on any atom is 0.313 e. The molecule has 132 valence electrons. The molecule has 1 aromatic heterocycles. The Bertz CT molecular complexity index is 744. The Kier molecular flexibility index (Phi) is 5.20. The molecule has 0 radical (unpaired) electrons. The molecule has 0 saturated carbocycles. The molecule has 2 heterocycles. The van der Waals surface area contributed by atoms with E-state index in [1.54, 1.807) is 30.3 Å². The van der Waals surface area contributed by atoms with Gasteiger partial charge in [0.2, 0.25) is 0 Å². The van der Waals surface area contributed by atoms with Crippen molar-refractivity contribution >= 4 is 17.5 Å². The first-order valence-corrected chi connectivity index (χ1v) is 7.84. The molecule has 3 rings (SSSR count). The van der Waals surface area contributed by atoms with Gasteiger partial charge in [0, 0.05) is 18.3 Å². The number of aliphatic hydroxyl groups is 1. The predicted molar refractivity (Wildman–Crippen MR) is 87.4 cm³/mol. The summed E-state index contributed by atoms with van der Waals surface area (Å²) < 4.78 is 15.9. The molecule has 0 unspecified atom stereocenters. The van der Waals surface area contributed by atoms with E-state index in [2.05, 4.69) is 10.6 Å². The predicted octanol–water partition coefficient (Wildman–Crippen LogP) is 1.23. The molecule has 2 amide bonds. The number of anilines is 1. The van der Waals surface area contributed by atoms with Gasteiger partial charge in [-0.1, -0.05) is 0 Å². The van der Waals surface area contributed by atoms with Crippen LogP contribution in [0.2, 0.25) is 0 Å². The molecule has 8 heteroatoms. The standard InChI is InChI=1S/C17H18N2O6/c20-12(13-2-1-7-23-13)5-6-18-16(21)17(22)19-11-3-4-14-15(10-11)25-9-8-24-14/h1-4,7,10,12,20H,5-6,8-9H2,(H,18,21)(H,19,22)/t12-/m0/s1. The lowest BCUT2D eigenvalue weighted by molar-refractivity contribution is -0.136. The van der Waals surface area contributed by atoms with Crippen molar-refractivity contribution in [3.63, 3.8) is 0 Å². The van der Waals surface area contributed by atoms with Gasteiger partial charge < -0.3 is 29.6 Å². The first-order valence-electron chi connectivity index (χ1n) is 7.84. The van der Waals surface area contributed by atoms with Crippen molar-refractivity contribution in [2.24, 2.45) is 0 Å². The summed E-state index contributed by atoms with van der Waals surface area (Å²) in [6.07, 6.45) is 0.852. The number of fused-ring (bicyclic) bond motifs is 1. The van der Waals surface area contributed by atoms with E-state index >= 15 is 0 Å². The number of hydrogen-bond acceptors (Lipinski definition) is 6. The van der Waals surface area contributed by atoms with Gasteiger partial charge in [0.15, 0.2) is 11.5 Å². The monoisotopic (exact) mass is 346 g/mol. The average Bonchev–Trinajstić information content (AvgIpc) is 3.16. The van der Waals surface area contributed by atoms with Crippen LogP contribution in [0.4, 0.5) is 5.69 Å². The van der Waals surface area contributed by atoms with Gasteiger partial charge in [-0.25, -0.2) is 0 Å². The third-order valence-corrected chi connectivity index (χ3v) is 3.58. The van der Waals surface area contributed by atoms with Gasteiger partial charge in [0.05, 0.1) is 6.26 Å². The van der Waals surface area contributed by atoms with E-state index in [0.29, 0.717) is 36.2 Å². The Hall–Kier alpha value is -3.00. The zero-order valence-electron chi connectivity index (χ0n) is 13.4. The van der Waals surface area contributed by atoms with Gasteiger partial charge in [0.1, 0.15) is 25.1 Å². The molecule has 2 aromatic rings. The third kappa shape index (κ3) is 4.30. The van der Waals surface area contributed by atoms with Crippen LogP contribution < -0.4 is 20.1 Å². The van der Waals surface area contributed by atoms with E-state index < -0.39 is 17.9 Å². The number of amides is 2. The highest BCUT2D eigenvalue weighted by Crippen LogP contribution is 2.32. The third-order valence-electron chi connectivity index (χ3n) is 3.58. The van der Waals surface area contributed by atoms with Crippen molar-refractivity contribution in [1.82, 2.24) is 5.32 Å². The zero-order chi connectivity index (χ0) is 17.6. The highest BCUT2D eigenvalue weighted by molar-refractivity contribution is 6.39. The van der Waals surface area contributed by atoms with Crippen LogP contribution in [-0.2, 0) is 9.59 Å². The van der Waals surface area contributed by atoms with Gasteiger partial charge in [-0.3, -0.25) is 9.59 Å². The lowest BCUT2D eigenvalue weighted by Gasteiger charge is -2.18. The summed E-state index contributed by atoms with van der Waals surface area (Å²) in [5.41, 5.74) is 0.431. The minimum atomic E-state index is -0.837. The minimum Gasteiger partial charge on any atom is -0.486 e. The molecule has 25 heavy (non-hydrogen) atoms. The normalized spacial score (nSPS) is 13.8. The number of nitrogens with one attached hydrogen (secondary N) is 2. The number of aliphatic hydroxyl groups excluding tert-OH is 1. The van der Waals surface area contributed by atoms with Crippen molar-refractivity contribution < 1.29 is 28.6 Å². The molecular weight excluding hydrogens is 328 g/mol. The molecule has 1 atom stereocenters. The van der Waals surface area contributed by atoms with E-state index in [0.717, 1.165) is 0 Å². The molecule has 8 nitrogen and oxygen atoms in total. The van der Waals surface area contributed by atoms with Crippen molar-refractivity contribution in [2.75, 3.05) is 25.1 Å². The zero-order valence-corrected chi connectivity index (χ0v) is 13.4. The van der Waals surface area contributed by atoms with E-state index in [4.69, 9.17) is 13.9 Å². The Balaban J connectivity index is 1.47. The average molecular weight is 346 g/mol. The van der Waals surface area contributed by atoms with Crippen LogP contribution in [0.1, 0.15) is 18.3 Å². The molecule has 1 aromatic carbocycles. The number of carbonyl (C=O) groups excluding carboxylic acids is 2. The second kappa shape index (κ2) is 7.71. The SMILES string of the molecule is O=C(NCC[C@H](O)c1ccco1)C(=O)Nc1ccc2c(c1)OCCO2. The quantitative estimate of drug-likeness (QED) is 0.703. The van der Waals surface area contributed by atoms with E-state index in [-0.39, 0.29) is 13.0 Å². The van der Waals surface area contributed by atoms with Crippen LogP contribution in [-0.4, -0.2) is 36.7 Å². The summed E-state index contributed by atoms with van der Waals surface area (Å²) in [4.78, 5) is 23.7. The molecular formula is C17H18N2O6. The molecule has 1 aliphatic heterocycles. The number of carbonyl (C=O) groups is 2. The van der Waals surface area contributed by atoms with Crippen molar-refractivity contribution in [1.29, 1.82) is 0 Å². The van der Waals surface area contributed by atoms with Crippen LogP contribution >= 0.6 is 0 Å². The van der Waals surface area contributed by atoms with E-state index in [9.17, 15) is 14.7 Å². The topological polar surface area (TPSA) is 110 Å². The number of ether oxygens (including phenoxy) is 2.